The molecule has 36 heavy (non-hydrogen) atoms. The standard InChI is InChI=1S/C31H33N3O2/c1-19(2)24-10-11-26-27(16-24)34(31(22-8-6-5-7-9-22)23-12-14-35-15-13-23)28-17-25(18-32-30(26)28)29-20(3)33-36-21(29)4/h5-11,16-19,23,31H,12-15H2,1-4H3. The summed E-state index contributed by atoms with van der Waals surface area (Å²) in [7, 11) is 0. The Bertz CT molecular complexity index is 1500. The Morgan fingerprint density at radius 2 is 1.69 bits per heavy atom. The average Bonchev–Trinajstić information content (AvgIpc) is 3.41. The molecule has 0 bridgehead atoms. The lowest BCUT2D eigenvalue weighted by Crippen LogP contribution is -2.26. The number of nitrogens with zero attached hydrogens (tertiary/aromatic N) is 3. The quantitative estimate of drug-likeness (QED) is 0.260. The first-order chi connectivity index (χ1) is 17.5. The number of fused-ring (bicyclic) bond motifs is 3. The fraction of sp³-hybridized carbons (Fsp3) is 0.355. The van der Waals surface area contributed by atoms with E-state index in [1.54, 1.807) is 0 Å². The minimum absolute atomic E-state index is 0.194. The fourth-order valence-electron chi connectivity index (χ4n) is 5.93. The van der Waals surface area contributed by atoms with Crippen LogP contribution in [0.1, 0.15) is 61.2 Å². The second-order valence-corrected chi connectivity index (χ2v) is 10.4. The smallest absolute Gasteiger partial charge is 0.141 e. The number of ether oxygens (including phenoxy) is 1. The van der Waals surface area contributed by atoms with Crippen molar-refractivity contribution in [2.75, 3.05) is 13.2 Å². The van der Waals surface area contributed by atoms with E-state index in [-0.39, 0.29) is 6.04 Å². The lowest BCUT2D eigenvalue weighted by Gasteiger charge is -2.33. The molecule has 0 amide bonds. The van der Waals surface area contributed by atoms with Crippen LogP contribution in [0.3, 0.4) is 0 Å². The van der Waals surface area contributed by atoms with Gasteiger partial charge in [-0.1, -0.05) is 61.5 Å². The van der Waals surface area contributed by atoms with Crippen LogP contribution >= 0.6 is 0 Å². The van der Waals surface area contributed by atoms with Crippen LogP contribution in [0.25, 0.3) is 33.1 Å². The van der Waals surface area contributed by atoms with Crippen LogP contribution in [-0.4, -0.2) is 27.9 Å². The molecule has 1 aliphatic heterocycles. The SMILES string of the molecule is Cc1noc(C)c1-c1cnc2c3ccc(C(C)C)cc3n(C(c3ccccc3)C3CCOCC3)c2c1. The minimum atomic E-state index is 0.194. The highest BCUT2D eigenvalue weighted by Crippen LogP contribution is 2.42. The number of benzene rings is 2. The van der Waals surface area contributed by atoms with E-state index in [4.69, 9.17) is 14.2 Å². The molecule has 6 rings (SSSR count). The lowest BCUT2D eigenvalue weighted by molar-refractivity contribution is 0.0553. The maximum atomic E-state index is 5.78. The molecule has 1 saturated heterocycles. The third-order valence-corrected chi connectivity index (χ3v) is 7.78. The predicted molar refractivity (Wildman–Crippen MR) is 144 cm³/mol. The summed E-state index contributed by atoms with van der Waals surface area (Å²) in [4.78, 5) is 5.05. The highest BCUT2D eigenvalue weighted by atomic mass is 16.5. The zero-order valence-electron chi connectivity index (χ0n) is 21.5. The van der Waals surface area contributed by atoms with Gasteiger partial charge in [-0.3, -0.25) is 4.98 Å². The first kappa shape index (κ1) is 23.0. The second kappa shape index (κ2) is 9.21. The Kier molecular flexibility index (Phi) is 5.88. The topological polar surface area (TPSA) is 53.1 Å². The van der Waals surface area contributed by atoms with Gasteiger partial charge in [-0.2, -0.15) is 0 Å². The molecule has 0 N–H and O–H groups in total. The first-order valence-electron chi connectivity index (χ1n) is 13.0. The molecule has 0 aliphatic carbocycles. The first-order valence-corrected chi connectivity index (χ1v) is 13.0. The maximum absolute atomic E-state index is 5.78. The van der Waals surface area contributed by atoms with Crippen molar-refractivity contribution in [3.05, 3.63) is 83.4 Å². The van der Waals surface area contributed by atoms with Gasteiger partial charge in [-0.15, -0.1) is 0 Å². The van der Waals surface area contributed by atoms with Gasteiger partial charge >= 0.3 is 0 Å². The molecule has 5 heteroatoms. The van der Waals surface area contributed by atoms with E-state index in [0.717, 1.165) is 59.7 Å². The van der Waals surface area contributed by atoms with Gasteiger partial charge in [0, 0.05) is 35.9 Å². The number of rotatable bonds is 5. The molecule has 3 aromatic heterocycles. The normalized spacial score (nSPS) is 15.8. The summed E-state index contributed by atoms with van der Waals surface area (Å²) in [5.74, 6) is 1.75. The summed E-state index contributed by atoms with van der Waals surface area (Å²) in [5, 5.41) is 5.40. The molecule has 0 radical (unpaired) electrons. The van der Waals surface area contributed by atoms with Crippen LogP contribution in [-0.2, 0) is 4.74 Å². The van der Waals surface area contributed by atoms with Crippen LogP contribution in [0.4, 0.5) is 0 Å². The van der Waals surface area contributed by atoms with Crippen molar-refractivity contribution in [3.63, 3.8) is 0 Å². The molecule has 0 saturated carbocycles. The van der Waals surface area contributed by atoms with Gasteiger partial charge in [0.2, 0.25) is 0 Å². The third-order valence-electron chi connectivity index (χ3n) is 7.78. The number of aryl methyl sites for hydroxylation is 2. The third kappa shape index (κ3) is 3.82. The zero-order valence-corrected chi connectivity index (χ0v) is 21.5. The summed E-state index contributed by atoms with van der Waals surface area (Å²) in [6.07, 6.45) is 4.06. The molecule has 1 aliphatic rings. The van der Waals surface area contributed by atoms with E-state index in [1.165, 1.54) is 22.0 Å². The molecule has 5 nitrogen and oxygen atoms in total. The van der Waals surface area contributed by atoms with E-state index in [1.807, 2.05) is 20.0 Å². The largest absolute Gasteiger partial charge is 0.381 e. The molecule has 1 unspecified atom stereocenters. The highest BCUT2D eigenvalue weighted by molar-refractivity contribution is 6.07. The molecule has 0 spiro atoms. The maximum Gasteiger partial charge on any atom is 0.141 e. The zero-order chi connectivity index (χ0) is 24.8. The minimum Gasteiger partial charge on any atom is -0.381 e. The van der Waals surface area contributed by atoms with Crippen molar-refractivity contribution in [1.82, 2.24) is 14.7 Å². The van der Waals surface area contributed by atoms with Gasteiger partial charge in [-0.05, 0) is 61.8 Å². The number of hydrogen-bond acceptors (Lipinski definition) is 4. The summed E-state index contributed by atoms with van der Waals surface area (Å²) >= 11 is 0. The molecule has 184 valence electrons. The number of aromatic nitrogens is 3. The van der Waals surface area contributed by atoms with Crippen LogP contribution in [0, 0.1) is 19.8 Å². The Hall–Kier alpha value is -3.44. The molecule has 1 atom stereocenters. The highest BCUT2D eigenvalue weighted by Gasteiger charge is 2.30. The average molecular weight is 480 g/mol. The molecule has 2 aromatic carbocycles. The monoisotopic (exact) mass is 479 g/mol. The van der Waals surface area contributed by atoms with Crippen LogP contribution in [0.15, 0.2) is 65.3 Å². The number of hydrogen-bond donors (Lipinski definition) is 0. The predicted octanol–water partition coefficient (Wildman–Crippen LogP) is 7.60. The Morgan fingerprint density at radius 1 is 0.917 bits per heavy atom. The second-order valence-electron chi connectivity index (χ2n) is 10.4. The van der Waals surface area contributed by atoms with Gasteiger partial charge in [0.25, 0.3) is 0 Å². The van der Waals surface area contributed by atoms with Crippen LogP contribution in [0.2, 0.25) is 0 Å². The van der Waals surface area contributed by atoms with Crippen molar-refractivity contribution < 1.29 is 9.26 Å². The Balaban J connectivity index is 1.68. The molecule has 4 heterocycles. The van der Waals surface area contributed by atoms with Gasteiger partial charge in [0.05, 0.1) is 28.3 Å². The summed E-state index contributed by atoms with van der Waals surface area (Å²) < 4.78 is 13.9. The summed E-state index contributed by atoms with van der Waals surface area (Å²) in [6.45, 7) is 10.1. The van der Waals surface area contributed by atoms with Gasteiger partial charge in [-0.25, -0.2) is 0 Å². The summed E-state index contributed by atoms with van der Waals surface area (Å²) in [6, 6.07) is 20.3. The van der Waals surface area contributed by atoms with E-state index in [2.05, 4.69) is 78.2 Å². The van der Waals surface area contributed by atoms with E-state index in [9.17, 15) is 0 Å². The van der Waals surface area contributed by atoms with Crippen molar-refractivity contribution in [1.29, 1.82) is 0 Å². The number of pyridine rings is 1. The van der Waals surface area contributed by atoms with Gasteiger partial charge < -0.3 is 13.8 Å². The van der Waals surface area contributed by atoms with Crippen molar-refractivity contribution >= 4 is 21.9 Å². The molecule has 5 aromatic rings. The van der Waals surface area contributed by atoms with Crippen molar-refractivity contribution in [2.45, 2.75) is 52.5 Å². The van der Waals surface area contributed by atoms with E-state index >= 15 is 0 Å². The van der Waals surface area contributed by atoms with Gasteiger partial charge in [0.15, 0.2) is 0 Å². The molecular formula is C31H33N3O2. The molecular weight excluding hydrogens is 446 g/mol. The van der Waals surface area contributed by atoms with Crippen molar-refractivity contribution in [3.8, 4) is 11.1 Å². The van der Waals surface area contributed by atoms with Crippen molar-refractivity contribution in [2.24, 2.45) is 5.92 Å². The summed E-state index contributed by atoms with van der Waals surface area (Å²) in [5.41, 5.74) is 9.10. The Morgan fingerprint density at radius 3 is 2.39 bits per heavy atom. The molecule has 1 fully saturated rings. The lowest BCUT2D eigenvalue weighted by atomic mass is 9.86. The van der Waals surface area contributed by atoms with E-state index in [0.29, 0.717) is 11.8 Å². The van der Waals surface area contributed by atoms with Gasteiger partial charge in [0.1, 0.15) is 5.76 Å². The van der Waals surface area contributed by atoms with E-state index < -0.39 is 0 Å². The van der Waals surface area contributed by atoms with Crippen LogP contribution in [0.5, 0.6) is 0 Å². The Labute approximate surface area is 212 Å². The fourth-order valence-corrected chi connectivity index (χ4v) is 5.93. The van der Waals surface area contributed by atoms with Crippen LogP contribution < -0.4 is 0 Å².